The molecule has 1 heterocycles. The fraction of sp³-hybridized carbons (Fsp3) is 0.200. The minimum absolute atomic E-state index is 0.372. The van der Waals surface area contributed by atoms with Crippen molar-refractivity contribution in [2.24, 2.45) is 0 Å². The van der Waals surface area contributed by atoms with Gasteiger partial charge in [-0.1, -0.05) is 54.1 Å². The van der Waals surface area contributed by atoms with Crippen molar-refractivity contribution in [2.45, 2.75) is 19.5 Å². The van der Waals surface area contributed by atoms with Crippen LogP contribution in [0.1, 0.15) is 28.3 Å². The summed E-state index contributed by atoms with van der Waals surface area (Å²) in [5.41, 5.74) is 5.52. The summed E-state index contributed by atoms with van der Waals surface area (Å²) >= 11 is 0. The predicted molar refractivity (Wildman–Crippen MR) is 66.3 cm³/mol. The van der Waals surface area contributed by atoms with Gasteiger partial charge in [0.1, 0.15) is 0 Å². The van der Waals surface area contributed by atoms with Crippen LogP contribution in [0, 0.1) is 6.92 Å². The second-order valence-electron chi connectivity index (χ2n) is 4.42. The summed E-state index contributed by atoms with van der Waals surface area (Å²) in [6.07, 6.45) is 0. The zero-order valence-electron chi connectivity index (χ0n) is 9.40. The minimum Gasteiger partial charge on any atom is -0.302 e. The van der Waals surface area contributed by atoms with E-state index in [1.165, 1.54) is 22.3 Å². The Morgan fingerprint density at radius 3 is 2.56 bits per heavy atom. The van der Waals surface area contributed by atoms with E-state index in [2.05, 4.69) is 60.8 Å². The number of rotatable bonds is 1. The first-order chi connectivity index (χ1) is 7.84. The highest BCUT2D eigenvalue weighted by Gasteiger charge is 2.22. The molecule has 1 unspecified atom stereocenters. The van der Waals surface area contributed by atoms with E-state index in [-0.39, 0.29) is 0 Å². The van der Waals surface area contributed by atoms with Gasteiger partial charge >= 0.3 is 0 Å². The van der Waals surface area contributed by atoms with Crippen LogP contribution in [-0.2, 0) is 6.54 Å². The number of aryl methyl sites for hydroxylation is 1. The molecule has 1 atom stereocenters. The molecule has 16 heavy (non-hydrogen) atoms. The normalized spacial score (nSPS) is 18.4. The van der Waals surface area contributed by atoms with Gasteiger partial charge in [0.05, 0.1) is 6.04 Å². The molecule has 0 amide bonds. The first-order valence-corrected chi connectivity index (χ1v) is 5.72. The molecule has 2 aromatic carbocycles. The van der Waals surface area contributed by atoms with Crippen LogP contribution in [0.25, 0.3) is 0 Å². The molecule has 0 saturated heterocycles. The van der Waals surface area contributed by atoms with Crippen LogP contribution in [-0.4, -0.2) is 0 Å². The third-order valence-electron chi connectivity index (χ3n) is 3.27. The molecule has 80 valence electrons. The Morgan fingerprint density at radius 2 is 1.75 bits per heavy atom. The van der Waals surface area contributed by atoms with Crippen molar-refractivity contribution in [3.63, 3.8) is 0 Å². The summed E-state index contributed by atoms with van der Waals surface area (Å²) in [6, 6.07) is 17.8. The third kappa shape index (κ3) is 1.54. The molecule has 1 heteroatoms. The van der Waals surface area contributed by atoms with E-state index in [1.807, 2.05) is 0 Å². The van der Waals surface area contributed by atoms with Crippen molar-refractivity contribution in [3.8, 4) is 0 Å². The zero-order chi connectivity index (χ0) is 11.0. The smallest absolute Gasteiger partial charge is 0.0582 e. The summed E-state index contributed by atoms with van der Waals surface area (Å²) in [7, 11) is 0. The average Bonchev–Trinajstić information content (AvgIpc) is 2.74. The van der Waals surface area contributed by atoms with E-state index in [9.17, 15) is 0 Å². The Bertz CT molecular complexity index is 499. The highest BCUT2D eigenvalue weighted by atomic mass is 14.9. The molecule has 1 aliphatic heterocycles. The summed E-state index contributed by atoms with van der Waals surface area (Å²) in [5.74, 6) is 0. The van der Waals surface area contributed by atoms with E-state index >= 15 is 0 Å². The van der Waals surface area contributed by atoms with Crippen LogP contribution >= 0.6 is 0 Å². The molecule has 0 aromatic heterocycles. The Hall–Kier alpha value is -1.60. The summed E-state index contributed by atoms with van der Waals surface area (Å²) in [5, 5.41) is 3.56. The van der Waals surface area contributed by atoms with Crippen molar-refractivity contribution in [1.29, 1.82) is 0 Å². The van der Waals surface area contributed by atoms with Crippen LogP contribution in [0.15, 0.2) is 48.5 Å². The molecule has 0 aliphatic carbocycles. The van der Waals surface area contributed by atoms with Crippen LogP contribution in [0.5, 0.6) is 0 Å². The van der Waals surface area contributed by atoms with Gasteiger partial charge in [-0.15, -0.1) is 0 Å². The predicted octanol–water partition coefficient (Wildman–Crippen LogP) is 3.19. The molecule has 0 spiro atoms. The van der Waals surface area contributed by atoms with Gasteiger partial charge in [0.15, 0.2) is 0 Å². The van der Waals surface area contributed by atoms with Crippen molar-refractivity contribution < 1.29 is 0 Å². The lowest BCUT2D eigenvalue weighted by atomic mass is 9.98. The maximum Gasteiger partial charge on any atom is 0.0582 e. The minimum atomic E-state index is 0.372. The largest absolute Gasteiger partial charge is 0.302 e. The second-order valence-corrected chi connectivity index (χ2v) is 4.42. The van der Waals surface area contributed by atoms with Gasteiger partial charge in [-0.25, -0.2) is 0 Å². The average molecular weight is 209 g/mol. The number of benzene rings is 2. The fourth-order valence-corrected chi connectivity index (χ4v) is 2.36. The first kappa shape index (κ1) is 9.61. The first-order valence-electron chi connectivity index (χ1n) is 5.72. The molecule has 1 N–H and O–H groups in total. The van der Waals surface area contributed by atoms with Gasteiger partial charge in [-0.05, 0) is 23.6 Å². The number of nitrogens with one attached hydrogen (secondary N) is 1. The van der Waals surface area contributed by atoms with E-state index in [4.69, 9.17) is 0 Å². The molecule has 2 aromatic rings. The van der Waals surface area contributed by atoms with Crippen molar-refractivity contribution in [2.75, 3.05) is 0 Å². The van der Waals surface area contributed by atoms with Crippen molar-refractivity contribution in [3.05, 3.63) is 70.8 Å². The summed E-state index contributed by atoms with van der Waals surface area (Å²) in [6.45, 7) is 3.11. The Balaban J connectivity index is 2.01. The van der Waals surface area contributed by atoms with Gasteiger partial charge in [0.25, 0.3) is 0 Å². The molecule has 3 rings (SSSR count). The van der Waals surface area contributed by atoms with Crippen LogP contribution in [0.4, 0.5) is 0 Å². The molecule has 1 aliphatic rings. The Kier molecular flexibility index (Phi) is 2.26. The SMILES string of the molecule is Cc1ccc(C2NCc3ccccc32)cc1. The number of fused-ring (bicyclic) bond motifs is 1. The zero-order valence-corrected chi connectivity index (χ0v) is 9.40. The molecule has 0 bridgehead atoms. The quantitative estimate of drug-likeness (QED) is 0.760. The van der Waals surface area contributed by atoms with Gasteiger partial charge in [-0.2, -0.15) is 0 Å². The molecular weight excluding hydrogens is 194 g/mol. The summed E-state index contributed by atoms with van der Waals surface area (Å²) in [4.78, 5) is 0. The van der Waals surface area contributed by atoms with Gasteiger partial charge in [0.2, 0.25) is 0 Å². The van der Waals surface area contributed by atoms with Gasteiger partial charge < -0.3 is 5.32 Å². The molecule has 0 fully saturated rings. The lowest BCUT2D eigenvalue weighted by molar-refractivity contribution is 0.667. The van der Waals surface area contributed by atoms with E-state index in [1.54, 1.807) is 0 Å². The van der Waals surface area contributed by atoms with Crippen molar-refractivity contribution >= 4 is 0 Å². The topological polar surface area (TPSA) is 12.0 Å². The maximum absolute atomic E-state index is 3.56. The highest BCUT2D eigenvalue weighted by molar-refractivity contribution is 5.41. The van der Waals surface area contributed by atoms with Crippen LogP contribution in [0.2, 0.25) is 0 Å². The number of hydrogen-bond acceptors (Lipinski definition) is 1. The molecule has 1 nitrogen and oxygen atoms in total. The van der Waals surface area contributed by atoms with E-state index < -0.39 is 0 Å². The van der Waals surface area contributed by atoms with Crippen molar-refractivity contribution in [1.82, 2.24) is 5.32 Å². The molecule has 0 radical (unpaired) electrons. The van der Waals surface area contributed by atoms with Gasteiger partial charge in [-0.3, -0.25) is 0 Å². The van der Waals surface area contributed by atoms with Crippen LogP contribution < -0.4 is 5.32 Å². The monoisotopic (exact) mass is 209 g/mol. The molecule has 0 saturated carbocycles. The van der Waals surface area contributed by atoms with Crippen LogP contribution in [0.3, 0.4) is 0 Å². The molecular formula is C15H15N. The number of hydrogen-bond donors (Lipinski definition) is 1. The lowest BCUT2D eigenvalue weighted by Crippen LogP contribution is -2.13. The third-order valence-corrected chi connectivity index (χ3v) is 3.27. The summed E-state index contributed by atoms with van der Waals surface area (Å²) < 4.78 is 0. The van der Waals surface area contributed by atoms with E-state index in [0.717, 1.165) is 6.54 Å². The lowest BCUT2D eigenvalue weighted by Gasteiger charge is -2.12. The Morgan fingerprint density at radius 1 is 1.00 bits per heavy atom. The fourth-order valence-electron chi connectivity index (χ4n) is 2.36. The second kappa shape index (κ2) is 3.76. The van der Waals surface area contributed by atoms with E-state index in [0.29, 0.717) is 6.04 Å². The van der Waals surface area contributed by atoms with Gasteiger partial charge in [0, 0.05) is 6.54 Å². The highest BCUT2D eigenvalue weighted by Crippen LogP contribution is 2.30. The maximum atomic E-state index is 3.56. The standard InChI is InChI=1S/C15H15N/c1-11-6-8-12(9-7-11)15-14-5-3-2-4-13(14)10-16-15/h2-9,15-16H,10H2,1H3. The Labute approximate surface area is 96.1 Å².